The van der Waals surface area contributed by atoms with Gasteiger partial charge in [0.2, 0.25) is 0 Å². The Kier molecular flexibility index (Phi) is 4.14. The quantitative estimate of drug-likeness (QED) is 0.836. The Morgan fingerprint density at radius 3 is 2.95 bits per heavy atom. The van der Waals surface area contributed by atoms with Crippen molar-refractivity contribution in [2.75, 3.05) is 18.2 Å². The fourth-order valence-electron chi connectivity index (χ4n) is 1.73. The summed E-state index contributed by atoms with van der Waals surface area (Å²) in [6.45, 7) is 0.347. The SMILES string of the molecule is COC(=O)c1ccnc(NCc2cccc(F)c2)c1N. The first-order valence-electron chi connectivity index (χ1n) is 5.93. The van der Waals surface area contributed by atoms with E-state index in [2.05, 4.69) is 15.0 Å². The Balaban J connectivity index is 2.16. The molecule has 0 aliphatic rings. The lowest BCUT2D eigenvalue weighted by Gasteiger charge is -2.10. The van der Waals surface area contributed by atoms with Crippen molar-refractivity contribution in [2.45, 2.75) is 6.54 Å². The number of pyridine rings is 1. The molecule has 0 saturated carbocycles. The van der Waals surface area contributed by atoms with Crippen molar-refractivity contribution < 1.29 is 13.9 Å². The number of nitrogens with two attached hydrogens (primary N) is 1. The lowest BCUT2D eigenvalue weighted by molar-refractivity contribution is 0.0602. The second-order valence-corrected chi connectivity index (χ2v) is 4.10. The Bertz CT molecular complexity index is 632. The van der Waals surface area contributed by atoms with Crippen molar-refractivity contribution in [2.24, 2.45) is 0 Å². The minimum Gasteiger partial charge on any atom is -0.465 e. The van der Waals surface area contributed by atoms with Crippen LogP contribution in [0, 0.1) is 5.82 Å². The maximum Gasteiger partial charge on any atom is 0.340 e. The molecule has 0 radical (unpaired) electrons. The molecule has 5 nitrogen and oxygen atoms in total. The molecule has 3 N–H and O–H groups in total. The summed E-state index contributed by atoms with van der Waals surface area (Å²) >= 11 is 0. The van der Waals surface area contributed by atoms with Gasteiger partial charge in [-0.05, 0) is 23.8 Å². The van der Waals surface area contributed by atoms with Gasteiger partial charge in [0, 0.05) is 12.7 Å². The highest BCUT2D eigenvalue weighted by Crippen LogP contribution is 2.21. The molecular formula is C14H14FN3O2. The van der Waals surface area contributed by atoms with Crippen LogP contribution in [0.1, 0.15) is 15.9 Å². The fourth-order valence-corrected chi connectivity index (χ4v) is 1.73. The van der Waals surface area contributed by atoms with E-state index in [-0.39, 0.29) is 17.1 Å². The van der Waals surface area contributed by atoms with Crippen molar-refractivity contribution in [1.29, 1.82) is 0 Å². The molecule has 6 heteroatoms. The molecule has 1 aromatic heterocycles. The lowest BCUT2D eigenvalue weighted by Crippen LogP contribution is -2.10. The predicted molar refractivity (Wildman–Crippen MR) is 73.7 cm³/mol. The van der Waals surface area contributed by atoms with Crippen molar-refractivity contribution in [3.63, 3.8) is 0 Å². The Morgan fingerprint density at radius 1 is 1.45 bits per heavy atom. The van der Waals surface area contributed by atoms with E-state index >= 15 is 0 Å². The highest BCUT2D eigenvalue weighted by Gasteiger charge is 2.13. The molecule has 2 rings (SSSR count). The highest BCUT2D eigenvalue weighted by molar-refractivity contribution is 5.97. The number of nitrogens with zero attached hydrogens (tertiary/aromatic N) is 1. The maximum absolute atomic E-state index is 13.1. The number of esters is 1. The molecule has 0 aliphatic heterocycles. The molecule has 1 heterocycles. The van der Waals surface area contributed by atoms with E-state index in [1.807, 2.05) is 0 Å². The van der Waals surface area contributed by atoms with Crippen molar-refractivity contribution in [3.8, 4) is 0 Å². The number of halogens is 1. The molecule has 0 unspecified atom stereocenters. The van der Waals surface area contributed by atoms with Gasteiger partial charge in [-0.3, -0.25) is 0 Å². The summed E-state index contributed by atoms with van der Waals surface area (Å²) in [6, 6.07) is 7.65. The van der Waals surface area contributed by atoms with E-state index in [1.165, 1.54) is 31.5 Å². The smallest absolute Gasteiger partial charge is 0.340 e. The number of hydrogen-bond donors (Lipinski definition) is 2. The van der Waals surface area contributed by atoms with Crippen LogP contribution >= 0.6 is 0 Å². The number of carbonyl (C=O) groups is 1. The number of anilines is 2. The highest BCUT2D eigenvalue weighted by atomic mass is 19.1. The lowest BCUT2D eigenvalue weighted by atomic mass is 10.2. The normalized spacial score (nSPS) is 10.1. The number of ether oxygens (including phenoxy) is 1. The summed E-state index contributed by atoms with van der Waals surface area (Å²) in [6.07, 6.45) is 1.45. The van der Waals surface area contributed by atoms with Crippen LogP contribution in [0.2, 0.25) is 0 Å². The van der Waals surface area contributed by atoms with Crippen LogP contribution in [0.5, 0.6) is 0 Å². The number of aromatic nitrogens is 1. The minimum atomic E-state index is -0.529. The predicted octanol–water partition coefficient (Wildman–Crippen LogP) is 2.20. The van der Waals surface area contributed by atoms with E-state index in [0.29, 0.717) is 12.4 Å². The summed E-state index contributed by atoms with van der Waals surface area (Å²) in [4.78, 5) is 15.6. The number of benzene rings is 1. The number of nitrogen functional groups attached to an aromatic ring is 1. The molecule has 0 saturated heterocycles. The van der Waals surface area contributed by atoms with Gasteiger partial charge in [0.25, 0.3) is 0 Å². The van der Waals surface area contributed by atoms with Crippen LogP contribution in [-0.4, -0.2) is 18.1 Å². The van der Waals surface area contributed by atoms with E-state index in [1.54, 1.807) is 12.1 Å². The monoisotopic (exact) mass is 275 g/mol. The average molecular weight is 275 g/mol. The Hall–Kier alpha value is -2.63. The average Bonchev–Trinajstić information content (AvgIpc) is 2.45. The summed E-state index contributed by atoms with van der Waals surface area (Å²) < 4.78 is 17.7. The molecule has 0 atom stereocenters. The van der Waals surface area contributed by atoms with Crippen LogP contribution in [-0.2, 0) is 11.3 Å². The van der Waals surface area contributed by atoms with Crippen LogP contribution < -0.4 is 11.1 Å². The van der Waals surface area contributed by atoms with Gasteiger partial charge in [-0.1, -0.05) is 12.1 Å². The summed E-state index contributed by atoms with van der Waals surface area (Å²) in [5.74, 6) is -0.482. The molecule has 20 heavy (non-hydrogen) atoms. The van der Waals surface area contributed by atoms with Gasteiger partial charge >= 0.3 is 5.97 Å². The zero-order chi connectivity index (χ0) is 14.5. The van der Waals surface area contributed by atoms with Crippen LogP contribution in [0.3, 0.4) is 0 Å². The third-order valence-electron chi connectivity index (χ3n) is 2.74. The summed E-state index contributed by atoms with van der Waals surface area (Å²) in [5, 5.41) is 2.97. The Labute approximate surface area is 115 Å². The van der Waals surface area contributed by atoms with Crippen molar-refractivity contribution in [1.82, 2.24) is 4.98 Å². The number of rotatable bonds is 4. The zero-order valence-corrected chi connectivity index (χ0v) is 10.9. The minimum absolute atomic E-state index is 0.204. The standard InChI is InChI=1S/C14H14FN3O2/c1-20-14(19)11-5-6-17-13(12(11)16)18-8-9-3-2-4-10(15)7-9/h2-7H,8,16H2,1H3,(H,17,18). The summed E-state index contributed by atoms with van der Waals surface area (Å²) in [7, 11) is 1.28. The third kappa shape index (κ3) is 3.03. The van der Waals surface area contributed by atoms with Crippen molar-refractivity contribution in [3.05, 3.63) is 53.5 Å². The van der Waals surface area contributed by atoms with Crippen LogP contribution in [0.15, 0.2) is 36.5 Å². The molecule has 0 spiro atoms. The molecule has 0 bridgehead atoms. The van der Waals surface area contributed by atoms with Crippen LogP contribution in [0.4, 0.5) is 15.9 Å². The number of carbonyl (C=O) groups excluding carboxylic acids is 1. The van der Waals surface area contributed by atoms with Gasteiger partial charge in [-0.15, -0.1) is 0 Å². The van der Waals surface area contributed by atoms with Crippen molar-refractivity contribution >= 4 is 17.5 Å². The first-order valence-corrected chi connectivity index (χ1v) is 5.93. The Morgan fingerprint density at radius 2 is 2.25 bits per heavy atom. The van der Waals surface area contributed by atoms with Gasteiger partial charge in [0.15, 0.2) is 0 Å². The first kappa shape index (κ1) is 13.8. The van der Waals surface area contributed by atoms with E-state index in [0.717, 1.165) is 5.56 Å². The van der Waals surface area contributed by atoms with E-state index < -0.39 is 5.97 Å². The molecule has 0 aliphatic carbocycles. The maximum atomic E-state index is 13.1. The topological polar surface area (TPSA) is 77.2 Å². The van der Waals surface area contributed by atoms with Gasteiger partial charge in [0.1, 0.15) is 11.6 Å². The molecule has 1 aromatic carbocycles. The summed E-state index contributed by atoms with van der Waals surface area (Å²) in [5.41, 5.74) is 7.04. The van der Waals surface area contributed by atoms with Gasteiger partial charge in [-0.25, -0.2) is 14.2 Å². The van der Waals surface area contributed by atoms with E-state index in [4.69, 9.17) is 5.73 Å². The second kappa shape index (κ2) is 6.01. The molecular weight excluding hydrogens is 261 g/mol. The number of methoxy groups -OCH3 is 1. The molecule has 2 aromatic rings. The van der Waals surface area contributed by atoms with Crippen LogP contribution in [0.25, 0.3) is 0 Å². The fraction of sp³-hybridized carbons (Fsp3) is 0.143. The largest absolute Gasteiger partial charge is 0.465 e. The number of nitrogens with one attached hydrogen (secondary N) is 1. The van der Waals surface area contributed by atoms with Gasteiger partial charge in [-0.2, -0.15) is 0 Å². The second-order valence-electron chi connectivity index (χ2n) is 4.10. The molecule has 104 valence electrons. The molecule has 0 fully saturated rings. The van der Waals surface area contributed by atoms with Gasteiger partial charge < -0.3 is 15.8 Å². The third-order valence-corrected chi connectivity index (χ3v) is 2.74. The van der Waals surface area contributed by atoms with E-state index in [9.17, 15) is 9.18 Å². The zero-order valence-electron chi connectivity index (χ0n) is 10.9. The van der Waals surface area contributed by atoms with Gasteiger partial charge in [0.05, 0.1) is 18.4 Å². The number of hydrogen-bond acceptors (Lipinski definition) is 5. The molecule has 0 amide bonds. The first-order chi connectivity index (χ1) is 9.61.